The van der Waals surface area contributed by atoms with Gasteiger partial charge in [0.25, 0.3) is 5.91 Å². The Hall–Kier alpha value is -0.940. The van der Waals surface area contributed by atoms with E-state index < -0.39 is 0 Å². The first kappa shape index (κ1) is 14.5. The lowest BCUT2D eigenvalue weighted by atomic mass is 10.0. The van der Waals surface area contributed by atoms with E-state index in [0.717, 1.165) is 25.9 Å². The third-order valence-corrected chi connectivity index (χ3v) is 4.37. The number of hydrogen-bond donors (Lipinski definition) is 0. The summed E-state index contributed by atoms with van der Waals surface area (Å²) in [6, 6.07) is 4.45. The molecule has 1 heterocycles. The monoisotopic (exact) mass is 328 g/mol. The molecule has 19 heavy (non-hydrogen) atoms. The van der Waals surface area contributed by atoms with Crippen molar-refractivity contribution in [2.45, 2.75) is 18.9 Å². The van der Waals surface area contributed by atoms with Gasteiger partial charge in [0.15, 0.2) is 0 Å². The third kappa shape index (κ3) is 3.34. The van der Waals surface area contributed by atoms with E-state index in [-0.39, 0.29) is 17.8 Å². The summed E-state index contributed by atoms with van der Waals surface area (Å²) in [5, 5.41) is 0. The van der Waals surface area contributed by atoms with E-state index in [9.17, 15) is 9.18 Å². The van der Waals surface area contributed by atoms with Crippen molar-refractivity contribution < 1.29 is 9.18 Å². The summed E-state index contributed by atoms with van der Waals surface area (Å²) in [5.41, 5.74) is 0.517. The number of nitrogens with zero attached hydrogens (tertiary/aromatic N) is 2. The molecular formula is C14H18BrFN2O. The van der Waals surface area contributed by atoms with Crippen LogP contribution >= 0.6 is 15.9 Å². The van der Waals surface area contributed by atoms with Crippen molar-refractivity contribution in [2.75, 3.05) is 27.2 Å². The molecule has 1 aliphatic rings. The molecule has 1 aliphatic heterocycles. The summed E-state index contributed by atoms with van der Waals surface area (Å²) in [6.45, 7) is 2.01. The molecule has 1 aromatic rings. The Morgan fingerprint density at radius 2 is 2.05 bits per heavy atom. The predicted molar refractivity (Wildman–Crippen MR) is 76.7 cm³/mol. The van der Waals surface area contributed by atoms with E-state index in [4.69, 9.17) is 0 Å². The minimum absolute atomic E-state index is 0.0542. The van der Waals surface area contributed by atoms with Crippen molar-refractivity contribution >= 4 is 21.8 Å². The van der Waals surface area contributed by atoms with Gasteiger partial charge < -0.3 is 9.80 Å². The van der Waals surface area contributed by atoms with E-state index in [0.29, 0.717) is 10.0 Å². The molecule has 1 fully saturated rings. The highest BCUT2D eigenvalue weighted by Crippen LogP contribution is 2.22. The van der Waals surface area contributed by atoms with Gasteiger partial charge >= 0.3 is 0 Å². The fourth-order valence-corrected chi connectivity index (χ4v) is 2.92. The van der Waals surface area contributed by atoms with E-state index >= 15 is 0 Å². The molecule has 1 aromatic carbocycles. The number of rotatable bonds is 2. The zero-order chi connectivity index (χ0) is 14.0. The molecule has 0 spiro atoms. The third-order valence-electron chi connectivity index (χ3n) is 3.72. The molecule has 3 nitrogen and oxygen atoms in total. The van der Waals surface area contributed by atoms with Crippen LogP contribution < -0.4 is 0 Å². The molecule has 0 unspecified atom stereocenters. The van der Waals surface area contributed by atoms with Crippen molar-refractivity contribution in [2.24, 2.45) is 0 Å². The summed E-state index contributed by atoms with van der Waals surface area (Å²) in [4.78, 5) is 16.5. The van der Waals surface area contributed by atoms with Crippen LogP contribution in [0.4, 0.5) is 4.39 Å². The summed E-state index contributed by atoms with van der Waals surface area (Å²) in [6.07, 6.45) is 1.97. The lowest BCUT2D eigenvalue weighted by molar-refractivity contribution is 0.0658. The van der Waals surface area contributed by atoms with Crippen LogP contribution in [-0.4, -0.2) is 48.9 Å². The molecule has 0 radical (unpaired) electrons. The van der Waals surface area contributed by atoms with Gasteiger partial charge in [-0.05, 0) is 67.1 Å². The summed E-state index contributed by atoms with van der Waals surface area (Å²) >= 11 is 3.25. The first-order valence-electron chi connectivity index (χ1n) is 6.40. The maximum Gasteiger partial charge on any atom is 0.254 e. The van der Waals surface area contributed by atoms with E-state index in [1.165, 1.54) is 18.2 Å². The van der Waals surface area contributed by atoms with E-state index in [1.807, 2.05) is 7.05 Å². The molecule has 1 amide bonds. The van der Waals surface area contributed by atoms with Gasteiger partial charge in [-0.2, -0.15) is 0 Å². The Labute approximate surface area is 121 Å². The van der Waals surface area contributed by atoms with Crippen LogP contribution in [0.1, 0.15) is 23.2 Å². The normalized spacial score (nSPS) is 17.5. The van der Waals surface area contributed by atoms with Gasteiger partial charge in [-0.1, -0.05) is 0 Å². The molecule has 0 atom stereocenters. The number of carbonyl (C=O) groups excluding carboxylic acids is 1. The van der Waals surface area contributed by atoms with Gasteiger partial charge in [-0.3, -0.25) is 4.79 Å². The fourth-order valence-electron chi connectivity index (χ4n) is 2.40. The van der Waals surface area contributed by atoms with Gasteiger partial charge in [0, 0.05) is 17.6 Å². The Bertz CT molecular complexity index is 473. The van der Waals surface area contributed by atoms with E-state index in [2.05, 4.69) is 27.9 Å². The summed E-state index contributed by atoms with van der Waals surface area (Å²) < 4.78 is 13.6. The lowest BCUT2D eigenvalue weighted by Gasteiger charge is -2.35. The van der Waals surface area contributed by atoms with Gasteiger partial charge in [0.2, 0.25) is 0 Å². The second kappa shape index (κ2) is 6.01. The number of amides is 1. The van der Waals surface area contributed by atoms with Crippen LogP contribution in [0.2, 0.25) is 0 Å². The molecule has 0 bridgehead atoms. The van der Waals surface area contributed by atoms with E-state index in [1.54, 1.807) is 4.90 Å². The van der Waals surface area contributed by atoms with Crippen LogP contribution in [0.5, 0.6) is 0 Å². The maximum atomic E-state index is 13.0. The van der Waals surface area contributed by atoms with Crippen LogP contribution in [0.15, 0.2) is 22.7 Å². The SMILES string of the molecule is CN1CCC(N(C)C(=O)c2ccc(F)cc2Br)CC1. The standard InChI is InChI=1S/C14H18BrFN2O/c1-17-7-5-11(6-8-17)18(2)14(19)12-4-3-10(16)9-13(12)15/h3-4,9,11H,5-8H2,1-2H3. The van der Waals surface area contributed by atoms with Crippen LogP contribution in [-0.2, 0) is 0 Å². The Kier molecular flexibility index (Phi) is 4.58. The molecule has 5 heteroatoms. The van der Waals surface area contributed by atoms with Gasteiger partial charge in [-0.25, -0.2) is 4.39 Å². The number of piperidine rings is 1. The predicted octanol–water partition coefficient (Wildman–Crippen LogP) is 2.75. The molecule has 0 aromatic heterocycles. The minimum Gasteiger partial charge on any atom is -0.339 e. The molecule has 2 rings (SSSR count). The minimum atomic E-state index is -0.342. The molecular weight excluding hydrogens is 311 g/mol. The highest BCUT2D eigenvalue weighted by atomic mass is 79.9. The number of benzene rings is 1. The van der Waals surface area contributed by atoms with Crippen LogP contribution in [0, 0.1) is 5.82 Å². The lowest BCUT2D eigenvalue weighted by Crippen LogP contribution is -2.44. The van der Waals surface area contributed by atoms with Crippen molar-refractivity contribution in [1.29, 1.82) is 0 Å². The highest BCUT2D eigenvalue weighted by molar-refractivity contribution is 9.10. The molecule has 1 saturated heterocycles. The zero-order valence-electron chi connectivity index (χ0n) is 11.2. The van der Waals surface area contributed by atoms with Gasteiger partial charge in [0.1, 0.15) is 5.82 Å². The number of carbonyl (C=O) groups is 1. The van der Waals surface area contributed by atoms with Crippen molar-refractivity contribution in [3.63, 3.8) is 0 Å². The average Bonchev–Trinajstić information content (AvgIpc) is 2.38. The second-order valence-electron chi connectivity index (χ2n) is 5.07. The van der Waals surface area contributed by atoms with Gasteiger partial charge in [-0.15, -0.1) is 0 Å². The second-order valence-corrected chi connectivity index (χ2v) is 5.93. The van der Waals surface area contributed by atoms with Crippen LogP contribution in [0.3, 0.4) is 0 Å². The Balaban J connectivity index is 2.10. The quantitative estimate of drug-likeness (QED) is 0.833. The smallest absolute Gasteiger partial charge is 0.254 e. The molecule has 104 valence electrons. The zero-order valence-corrected chi connectivity index (χ0v) is 12.8. The number of hydrogen-bond acceptors (Lipinski definition) is 2. The highest BCUT2D eigenvalue weighted by Gasteiger charge is 2.25. The molecule has 0 N–H and O–H groups in total. The molecule has 0 aliphatic carbocycles. The van der Waals surface area contributed by atoms with Crippen molar-refractivity contribution in [3.8, 4) is 0 Å². The van der Waals surface area contributed by atoms with Crippen molar-refractivity contribution in [3.05, 3.63) is 34.1 Å². The van der Waals surface area contributed by atoms with Crippen molar-refractivity contribution in [1.82, 2.24) is 9.80 Å². The Morgan fingerprint density at radius 3 is 2.63 bits per heavy atom. The first-order valence-corrected chi connectivity index (χ1v) is 7.19. The largest absolute Gasteiger partial charge is 0.339 e. The average molecular weight is 329 g/mol. The summed E-state index contributed by atoms with van der Waals surface area (Å²) in [7, 11) is 3.92. The summed E-state index contributed by atoms with van der Waals surface area (Å²) in [5.74, 6) is -0.396. The Morgan fingerprint density at radius 1 is 1.42 bits per heavy atom. The topological polar surface area (TPSA) is 23.6 Å². The maximum absolute atomic E-state index is 13.0. The first-order chi connectivity index (χ1) is 8.99. The van der Waals surface area contributed by atoms with Gasteiger partial charge in [0.05, 0.1) is 5.56 Å². The number of likely N-dealkylation sites (tertiary alicyclic amines) is 1. The van der Waals surface area contributed by atoms with Crippen LogP contribution in [0.25, 0.3) is 0 Å². The molecule has 0 saturated carbocycles. The fraction of sp³-hybridized carbons (Fsp3) is 0.500. The number of halogens is 2.